The minimum absolute atomic E-state index is 0.331. The Bertz CT molecular complexity index is 815. The van der Waals surface area contributed by atoms with Gasteiger partial charge in [-0.25, -0.2) is 4.79 Å². The third kappa shape index (κ3) is 3.26. The molecule has 1 atom stereocenters. The van der Waals surface area contributed by atoms with Crippen molar-refractivity contribution in [3.8, 4) is 0 Å². The number of hydrogen-bond acceptors (Lipinski definition) is 4. The summed E-state index contributed by atoms with van der Waals surface area (Å²) in [4.78, 5) is 37.8. The number of amides is 4. The fourth-order valence-electron chi connectivity index (χ4n) is 2.71. The van der Waals surface area contributed by atoms with E-state index in [-0.39, 0.29) is 6.54 Å². The Labute approximate surface area is 145 Å². The zero-order valence-corrected chi connectivity index (χ0v) is 14.0. The predicted octanol–water partition coefficient (Wildman–Crippen LogP) is 1.67. The molecule has 7 heteroatoms. The van der Waals surface area contributed by atoms with E-state index in [0.717, 1.165) is 10.5 Å². The Hall–Kier alpha value is -3.09. The molecule has 2 heterocycles. The maximum absolute atomic E-state index is 12.7. The molecular weight excluding hydrogens is 322 g/mol. The summed E-state index contributed by atoms with van der Waals surface area (Å²) >= 11 is 0. The van der Waals surface area contributed by atoms with E-state index in [1.54, 1.807) is 26.0 Å². The third-order valence-electron chi connectivity index (χ3n) is 4.14. The Kier molecular flexibility index (Phi) is 4.31. The molecule has 1 aliphatic rings. The minimum Gasteiger partial charge on any atom is -0.463 e. The number of nitrogens with one attached hydrogen (secondary N) is 2. The maximum Gasteiger partial charge on any atom is 0.325 e. The Morgan fingerprint density at radius 3 is 2.56 bits per heavy atom. The lowest BCUT2D eigenvalue weighted by atomic mass is 9.99. The lowest BCUT2D eigenvalue weighted by Gasteiger charge is -2.19. The fourth-order valence-corrected chi connectivity index (χ4v) is 2.71. The molecule has 0 radical (unpaired) electrons. The summed E-state index contributed by atoms with van der Waals surface area (Å²) in [7, 11) is 0. The number of urea groups is 1. The molecule has 2 N–H and O–H groups in total. The molecule has 0 spiro atoms. The molecule has 0 aliphatic carbocycles. The molecule has 1 aliphatic heterocycles. The molecular formula is C18H19N3O4. The first-order chi connectivity index (χ1) is 11.9. The van der Waals surface area contributed by atoms with Crippen molar-refractivity contribution in [2.75, 3.05) is 6.54 Å². The molecule has 0 unspecified atom stereocenters. The van der Waals surface area contributed by atoms with Crippen LogP contribution in [0.4, 0.5) is 4.79 Å². The molecule has 130 valence electrons. The number of benzene rings is 1. The van der Waals surface area contributed by atoms with Crippen LogP contribution in [-0.4, -0.2) is 29.3 Å². The molecule has 25 heavy (non-hydrogen) atoms. The first-order valence-electron chi connectivity index (χ1n) is 7.92. The zero-order chi connectivity index (χ0) is 18.0. The molecule has 1 saturated heterocycles. The molecule has 7 nitrogen and oxygen atoms in total. The summed E-state index contributed by atoms with van der Waals surface area (Å²) in [6.07, 6.45) is 0. The first kappa shape index (κ1) is 16.8. The number of rotatable bonds is 5. The van der Waals surface area contributed by atoms with Crippen molar-refractivity contribution in [2.45, 2.75) is 25.9 Å². The van der Waals surface area contributed by atoms with Crippen molar-refractivity contribution in [3.63, 3.8) is 0 Å². The number of hydrogen-bond donors (Lipinski definition) is 2. The van der Waals surface area contributed by atoms with Gasteiger partial charge >= 0.3 is 6.03 Å². The normalized spacial score (nSPS) is 19.8. The van der Waals surface area contributed by atoms with Crippen molar-refractivity contribution in [2.24, 2.45) is 0 Å². The number of imide groups is 1. The van der Waals surface area contributed by atoms with Crippen LogP contribution in [0.3, 0.4) is 0 Å². The van der Waals surface area contributed by atoms with E-state index < -0.39 is 23.4 Å². The van der Waals surface area contributed by atoms with E-state index in [1.165, 1.54) is 0 Å². The molecule has 2 aromatic rings. The highest BCUT2D eigenvalue weighted by Crippen LogP contribution is 2.29. The van der Waals surface area contributed by atoms with Crippen LogP contribution in [0, 0.1) is 6.92 Å². The van der Waals surface area contributed by atoms with Crippen molar-refractivity contribution < 1.29 is 18.8 Å². The van der Waals surface area contributed by atoms with E-state index in [2.05, 4.69) is 10.6 Å². The number of carbonyl (C=O) groups excluding carboxylic acids is 3. The van der Waals surface area contributed by atoms with Gasteiger partial charge in [0, 0.05) is 6.54 Å². The van der Waals surface area contributed by atoms with Gasteiger partial charge in [-0.05, 0) is 31.5 Å². The van der Waals surface area contributed by atoms with Gasteiger partial charge in [-0.15, -0.1) is 0 Å². The van der Waals surface area contributed by atoms with Crippen molar-refractivity contribution in [1.29, 1.82) is 0 Å². The minimum atomic E-state index is -1.30. The molecule has 1 aromatic carbocycles. The summed E-state index contributed by atoms with van der Waals surface area (Å²) in [6.45, 7) is 3.31. The molecule has 3 rings (SSSR count). The van der Waals surface area contributed by atoms with Gasteiger partial charge in [-0.2, -0.15) is 0 Å². The monoisotopic (exact) mass is 341 g/mol. The summed E-state index contributed by atoms with van der Waals surface area (Å²) in [5, 5.41) is 5.30. The average Bonchev–Trinajstić information content (AvgIpc) is 3.12. The van der Waals surface area contributed by atoms with E-state index in [1.807, 2.05) is 30.3 Å². The number of nitrogens with zero attached hydrogens (tertiary/aromatic N) is 1. The summed E-state index contributed by atoms with van der Waals surface area (Å²) < 4.78 is 5.49. The van der Waals surface area contributed by atoms with Crippen molar-refractivity contribution in [3.05, 3.63) is 59.5 Å². The van der Waals surface area contributed by atoms with E-state index in [4.69, 9.17) is 4.42 Å². The number of carbonyl (C=O) groups is 3. The lowest BCUT2D eigenvalue weighted by Crippen LogP contribution is -2.43. The predicted molar refractivity (Wildman–Crippen MR) is 89.3 cm³/mol. The zero-order valence-electron chi connectivity index (χ0n) is 14.0. The average molecular weight is 341 g/mol. The summed E-state index contributed by atoms with van der Waals surface area (Å²) in [5.74, 6) is 0.0572. The molecule has 4 amide bonds. The van der Waals surface area contributed by atoms with Crippen LogP contribution in [-0.2, 0) is 21.7 Å². The highest BCUT2D eigenvalue weighted by molar-refractivity contribution is 6.08. The lowest BCUT2D eigenvalue weighted by molar-refractivity contribution is -0.135. The van der Waals surface area contributed by atoms with Gasteiger partial charge in [0.05, 0.1) is 0 Å². The molecule has 0 bridgehead atoms. The van der Waals surface area contributed by atoms with Crippen LogP contribution in [0.25, 0.3) is 0 Å². The van der Waals surface area contributed by atoms with Crippen LogP contribution >= 0.6 is 0 Å². The van der Waals surface area contributed by atoms with Gasteiger partial charge in [0.1, 0.15) is 18.1 Å². The molecule has 1 fully saturated rings. The first-order valence-corrected chi connectivity index (χ1v) is 7.92. The quantitative estimate of drug-likeness (QED) is 0.809. The van der Waals surface area contributed by atoms with Crippen LogP contribution in [0.5, 0.6) is 0 Å². The van der Waals surface area contributed by atoms with Gasteiger partial charge in [-0.3, -0.25) is 14.5 Å². The number of furan rings is 1. The van der Waals surface area contributed by atoms with E-state index in [9.17, 15) is 14.4 Å². The van der Waals surface area contributed by atoms with Gasteiger partial charge in [0.25, 0.3) is 5.91 Å². The molecule has 1 aromatic heterocycles. The summed E-state index contributed by atoms with van der Waals surface area (Å²) in [5.41, 5.74) is -0.366. The van der Waals surface area contributed by atoms with Gasteiger partial charge in [0.15, 0.2) is 5.54 Å². The smallest absolute Gasteiger partial charge is 0.325 e. The standard InChI is InChI=1S/C18H19N3O4/c1-12-8-9-14(25-12)18(2)16(23)21(17(24)20-18)11-15(22)19-10-13-6-4-3-5-7-13/h3-9H,10-11H2,1-2H3,(H,19,22)(H,20,24)/t18-/m1/s1. The summed E-state index contributed by atoms with van der Waals surface area (Å²) in [6, 6.07) is 12.1. The second kappa shape index (κ2) is 6.43. The van der Waals surface area contributed by atoms with Gasteiger partial charge in [-0.1, -0.05) is 30.3 Å². The second-order valence-electron chi connectivity index (χ2n) is 6.12. The molecule has 0 saturated carbocycles. The fraction of sp³-hybridized carbons (Fsp3) is 0.278. The highest BCUT2D eigenvalue weighted by atomic mass is 16.3. The van der Waals surface area contributed by atoms with Gasteiger partial charge < -0.3 is 15.1 Å². The van der Waals surface area contributed by atoms with Crippen LogP contribution in [0.2, 0.25) is 0 Å². The van der Waals surface area contributed by atoms with Crippen LogP contribution in [0.15, 0.2) is 46.9 Å². The third-order valence-corrected chi connectivity index (χ3v) is 4.14. The number of aryl methyl sites for hydroxylation is 1. The Morgan fingerprint density at radius 1 is 1.20 bits per heavy atom. The highest BCUT2D eigenvalue weighted by Gasteiger charge is 2.51. The second-order valence-corrected chi connectivity index (χ2v) is 6.12. The van der Waals surface area contributed by atoms with Crippen molar-refractivity contribution in [1.82, 2.24) is 15.5 Å². The van der Waals surface area contributed by atoms with E-state index in [0.29, 0.717) is 18.1 Å². The topological polar surface area (TPSA) is 91.7 Å². The Balaban J connectivity index is 1.65. The SMILES string of the molecule is Cc1ccc([C@@]2(C)NC(=O)N(CC(=O)NCc3ccccc3)C2=O)o1. The van der Waals surface area contributed by atoms with E-state index >= 15 is 0 Å². The van der Waals surface area contributed by atoms with Gasteiger partial charge in [0.2, 0.25) is 5.91 Å². The largest absolute Gasteiger partial charge is 0.463 e. The van der Waals surface area contributed by atoms with Crippen molar-refractivity contribution >= 4 is 17.8 Å². The van der Waals surface area contributed by atoms with Crippen LogP contribution < -0.4 is 10.6 Å². The van der Waals surface area contributed by atoms with Crippen LogP contribution in [0.1, 0.15) is 24.0 Å². The Morgan fingerprint density at radius 2 is 1.92 bits per heavy atom. The maximum atomic E-state index is 12.7.